The molecule has 20 heavy (non-hydrogen) atoms. The largest absolute Gasteiger partial charge is 0.316 e. The molecule has 1 aromatic rings. The van der Waals surface area contributed by atoms with E-state index < -0.39 is 0 Å². The standard InChI is InChI=1S/C16H28BrN3/c1-5-10-18-11-8-9-13(4)12-15-16(17)14(6-2)19-20(15)7-3/h9,18H,5-8,10-12H2,1-4H3. The van der Waals surface area contributed by atoms with Crippen LogP contribution < -0.4 is 5.32 Å². The maximum absolute atomic E-state index is 4.65. The first-order valence-electron chi connectivity index (χ1n) is 7.74. The van der Waals surface area contributed by atoms with Gasteiger partial charge in [-0.15, -0.1) is 0 Å². The van der Waals surface area contributed by atoms with E-state index in [1.807, 2.05) is 0 Å². The van der Waals surface area contributed by atoms with Crippen molar-refractivity contribution < 1.29 is 0 Å². The summed E-state index contributed by atoms with van der Waals surface area (Å²) in [5.41, 5.74) is 3.89. The van der Waals surface area contributed by atoms with Gasteiger partial charge in [-0.2, -0.15) is 5.10 Å². The minimum Gasteiger partial charge on any atom is -0.316 e. The molecule has 0 fully saturated rings. The average molecular weight is 342 g/mol. The highest BCUT2D eigenvalue weighted by atomic mass is 79.9. The van der Waals surface area contributed by atoms with Crippen LogP contribution >= 0.6 is 15.9 Å². The first-order valence-corrected chi connectivity index (χ1v) is 8.53. The molecule has 0 aliphatic rings. The zero-order valence-electron chi connectivity index (χ0n) is 13.3. The second-order valence-electron chi connectivity index (χ2n) is 5.14. The first kappa shape index (κ1) is 17.4. The Hall–Kier alpha value is -0.610. The Kier molecular flexibility index (Phi) is 8.15. The Balaban J connectivity index is 2.62. The number of rotatable bonds is 9. The highest BCUT2D eigenvalue weighted by Crippen LogP contribution is 2.24. The second-order valence-corrected chi connectivity index (χ2v) is 5.94. The molecule has 1 N–H and O–H groups in total. The second kappa shape index (κ2) is 9.35. The molecule has 0 radical (unpaired) electrons. The summed E-state index contributed by atoms with van der Waals surface area (Å²) in [6, 6.07) is 0. The SMILES string of the molecule is CCCNCCC=C(C)Cc1c(Br)c(CC)nn1CC. The van der Waals surface area contributed by atoms with Crippen LogP contribution in [-0.4, -0.2) is 22.9 Å². The van der Waals surface area contributed by atoms with Crippen molar-refractivity contribution in [2.24, 2.45) is 0 Å². The molecule has 1 aromatic heterocycles. The maximum Gasteiger partial charge on any atom is 0.0766 e. The normalized spacial score (nSPS) is 12.2. The summed E-state index contributed by atoms with van der Waals surface area (Å²) in [5.74, 6) is 0. The topological polar surface area (TPSA) is 29.9 Å². The number of nitrogens with zero attached hydrogens (tertiary/aromatic N) is 2. The van der Waals surface area contributed by atoms with Crippen molar-refractivity contribution in [2.45, 2.75) is 59.9 Å². The Bertz CT molecular complexity index is 435. The van der Waals surface area contributed by atoms with Crippen molar-refractivity contribution >= 4 is 15.9 Å². The van der Waals surface area contributed by atoms with Gasteiger partial charge in [0, 0.05) is 13.0 Å². The number of allylic oxidation sites excluding steroid dienone is 1. The molecule has 0 atom stereocenters. The predicted octanol–water partition coefficient (Wildman–Crippen LogP) is 4.11. The summed E-state index contributed by atoms with van der Waals surface area (Å²) in [6.07, 6.45) is 6.60. The number of hydrogen-bond acceptors (Lipinski definition) is 2. The molecule has 0 aromatic carbocycles. The molecule has 0 aliphatic carbocycles. The number of hydrogen-bond donors (Lipinski definition) is 1. The molecule has 114 valence electrons. The third-order valence-corrected chi connectivity index (χ3v) is 4.30. The number of aryl methyl sites for hydroxylation is 2. The van der Waals surface area contributed by atoms with Crippen molar-refractivity contribution in [3.05, 3.63) is 27.5 Å². The van der Waals surface area contributed by atoms with E-state index in [9.17, 15) is 0 Å². The fraction of sp³-hybridized carbons (Fsp3) is 0.688. The quantitative estimate of drug-likeness (QED) is 0.541. The van der Waals surface area contributed by atoms with Gasteiger partial charge in [-0.3, -0.25) is 4.68 Å². The molecular weight excluding hydrogens is 314 g/mol. The van der Waals surface area contributed by atoms with Gasteiger partial charge in [0.05, 0.1) is 15.9 Å². The van der Waals surface area contributed by atoms with Crippen molar-refractivity contribution in [1.82, 2.24) is 15.1 Å². The highest BCUT2D eigenvalue weighted by Gasteiger charge is 2.13. The van der Waals surface area contributed by atoms with Crippen LogP contribution in [0.15, 0.2) is 16.1 Å². The van der Waals surface area contributed by atoms with Gasteiger partial charge >= 0.3 is 0 Å². The summed E-state index contributed by atoms with van der Waals surface area (Å²) in [4.78, 5) is 0. The van der Waals surface area contributed by atoms with E-state index in [0.717, 1.165) is 38.9 Å². The lowest BCUT2D eigenvalue weighted by atomic mass is 10.1. The number of aromatic nitrogens is 2. The average Bonchev–Trinajstić information content (AvgIpc) is 2.75. The van der Waals surface area contributed by atoms with E-state index in [1.54, 1.807) is 0 Å². The molecule has 3 nitrogen and oxygen atoms in total. The molecule has 0 bridgehead atoms. The summed E-state index contributed by atoms with van der Waals surface area (Å²) >= 11 is 3.71. The van der Waals surface area contributed by atoms with Gasteiger partial charge in [0.1, 0.15) is 0 Å². The van der Waals surface area contributed by atoms with Crippen LogP contribution in [0.5, 0.6) is 0 Å². The van der Waals surface area contributed by atoms with Crippen LogP contribution in [0.4, 0.5) is 0 Å². The molecule has 1 heterocycles. The molecule has 0 saturated carbocycles. The fourth-order valence-corrected chi connectivity index (χ4v) is 2.95. The smallest absolute Gasteiger partial charge is 0.0766 e. The lowest BCUT2D eigenvalue weighted by molar-refractivity contribution is 0.619. The number of nitrogens with one attached hydrogen (secondary N) is 1. The van der Waals surface area contributed by atoms with Gasteiger partial charge in [-0.05, 0) is 62.1 Å². The van der Waals surface area contributed by atoms with Crippen molar-refractivity contribution in [3.63, 3.8) is 0 Å². The van der Waals surface area contributed by atoms with Crippen LogP contribution in [0.2, 0.25) is 0 Å². The molecule has 0 aliphatic heterocycles. The Morgan fingerprint density at radius 3 is 2.65 bits per heavy atom. The van der Waals surface area contributed by atoms with E-state index in [-0.39, 0.29) is 0 Å². The summed E-state index contributed by atoms with van der Waals surface area (Å²) in [5, 5.41) is 8.08. The maximum atomic E-state index is 4.65. The third kappa shape index (κ3) is 5.06. The monoisotopic (exact) mass is 341 g/mol. The van der Waals surface area contributed by atoms with Crippen molar-refractivity contribution in [3.8, 4) is 0 Å². The van der Waals surface area contributed by atoms with Gasteiger partial charge in [0.15, 0.2) is 0 Å². The molecule has 1 rings (SSSR count). The van der Waals surface area contributed by atoms with E-state index >= 15 is 0 Å². The lowest BCUT2D eigenvalue weighted by Crippen LogP contribution is -2.15. The first-order chi connectivity index (χ1) is 9.63. The van der Waals surface area contributed by atoms with Crippen LogP contribution in [0.3, 0.4) is 0 Å². The summed E-state index contributed by atoms with van der Waals surface area (Å²) < 4.78 is 3.31. The van der Waals surface area contributed by atoms with E-state index in [2.05, 4.69) is 64.8 Å². The van der Waals surface area contributed by atoms with Crippen LogP contribution in [0.25, 0.3) is 0 Å². The Morgan fingerprint density at radius 2 is 2.05 bits per heavy atom. The number of halogens is 1. The Morgan fingerprint density at radius 1 is 1.30 bits per heavy atom. The molecule has 0 spiro atoms. The molecule has 0 amide bonds. The zero-order chi connectivity index (χ0) is 15.0. The van der Waals surface area contributed by atoms with Crippen molar-refractivity contribution in [2.75, 3.05) is 13.1 Å². The van der Waals surface area contributed by atoms with Crippen LogP contribution in [-0.2, 0) is 19.4 Å². The fourth-order valence-electron chi connectivity index (χ4n) is 2.24. The van der Waals surface area contributed by atoms with Gasteiger partial charge in [0.25, 0.3) is 0 Å². The lowest BCUT2D eigenvalue weighted by Gasteiger charge is -2.06. The van der Waals surface area contributed by atoms with Crippen molar-refractivity contribution in [1.29, 1.82) is 0 Å². The molecule has 4 heteroatoms. The summed E-state index contributed by atoms with van der Waals surface area (Å²) in [7, 11) is 0. The third-order valence-electron chi connectivity index (χ3n) is 3.38. The van der Waals surface area contributed by atoms with Gasteiger partial charge in [-0.1, -0.05) is 25.5 Å². The van der Waals surface area contributed by atoms with E-state index in [0.29, 0.717) is 0 Å². The van der Waals surface area contributed by atoms with E-state index in [4.69, 9.17) is 0 Å². The zero-order valence-corrected chi connectivity index (χ0v) is 14.9. The van der Waals surface area contributed by atoms with Gasteiger partial charge < -0.3 is 5.32 Å². The molecular formula is C16H28BrN3. The predicted molar refractivity (Wildman–Crippen MR) is 90.2 cm³/mol. The molecule has 0 saturated heterocycles. The van der Waals surface area contributed by atoms with Gasteiger partial charge in [0.2, 0.25) is 0 Å². The minimum absolute atomic E-state index is 0.930. The minimum atomic E-state index is 0.930. The van der Waals surface area contributed by atoms with E-state index in [1.165, 1.54) is 27.9 Å². The van der Waals surface area contributed by atoms with Crippen LogP contribution in [0.1, 0.15) is 51.9 Å². The molecule has 0 unspecified atom stereocenters. The Labute approximate surface area is 132 Å². The van der Waals surface area contributed by atoms with Crippen LogP contribution in [0, 0.1) is 0 Å². The highest BCUT2D eigenvalue weighted by molar-refractivity contribution is 9.10. The summed E-state index contributed by atoms with van der Waals surface area (Å²) in [6.45, 7) is 11.8. The van der Waals surface area contributed by atoms with Gasteiger partial charge in [-0.25, -0.2) is 0 Å².